The second kappa shape index (κ2) is 9.78. The average molecular weight is 414 g/mol. The monoisotopic (exact) mass is 413 g/mol. The van der Waals surface area contributed by atoms with E-state index in [0.717, 1.165) is 12.1 Å². The first kappa shape index (κ1) is 20.5. The van der Waals surface area contributed by atoms with Crippen molar-refractivity contribution in [1.82, 2.24) is 14.9 Å². The van der Waals surface area contributed by atoms with E-state index in [-0.39, 0.29) is 17.6 Å². The highest BCUT2D eigenvalue weighted by Crippen LogP contribution is 2.21. The van der Waals surface area contributed by atoms with Gasteiger partial charge in [0.05, 0.1) is 18.2 Å². The molecule has 0 aliphatic carbocycles. The number of nitrogens with zero attached hydrogens (tertiary/aromatic N) is 4. The number of nitrogen functional groups attached to an aromatic ring is 1. The van der Waals surface area contributed by atoms with Crippen LogP contribution in [0, 0.1) is 0 Å². The van der Waals surface area contributed by atoms with Gasteiger partial charge in [-0.05, 0) is 42.2 Å². The molecule has 1 aromatic carbocycles. The van der Waals surface area contributed by atoms with Crippen molar-refractivity contribution in [1.29, 1.82) is 0 Å². The van der Waals surface area contributed by atoms with E-state index in [1.165, 1.54) is 28.2 Å². The lowest BCUT2D eigenvalue weighted by Crippen LogP contribution is -2.16. The first-order valence-corrected chi connectivity index (χ1v) is 10.1. The lowest BCUT2D eigenvalue weighted by atomic mass is 9.99. The van der Waals surface area contributed by atoms with E-state index >= 15 is 0 Å². The van der Waals surface area contributed by atoms with Gasteiger partial charge in [0.15, 0.2) is 0 Å². The molecular formula is C19H23N7O2S. The van der Waals surface area contributed by atoms with Gasteiger partial charge in [-0.3, -0.25) is 4.79 Å². The maximum Gasteiger partial charge on any atom is 0.264 e. The van der Waals surface area contributed by atoms with Crippen LogP contribution in [-0.2, 0) is 4.79 Å². The summed E-state index contributed by atoms with van der Waals surface area (Å²) in [4.78, 5) is 12.2. The SMILES string of the molecule is CCC(C)c1ccc(NC(=O)CSc2nnc(N/N=C/c3ccco3)n2N)cc1. The molecule has 3 aromatic rings. The molecule has 0 aliphatic heterocycles. The Morgan fingerprint density at radius 2 is 2.14 bits per heavy atom. The number of hydrogen-bond acceptors (Lipinski definition) is 8. The number of anilines is 2. The molecule has 0 bridgehead atoms. The Kier molecular flexibility index (Phi) is 6.90. The van der Waals surface area contributed by atoms with Gasteiger partial charge in [0.25, 0.3) is 5.95 Å². The van der Waals surface area contributed by atoms with Gasteiger partial charge in [-0.1, -0.05) is 37.7 Å². The van der Waals surface area contributed by atoms with E-state index in [2.05, 4.69) is 39.9 Å². The van der Waals surface area contributed by atoms with Gasteiger partial charge in [-0.2, -0.15) is 5.10 Å². The van der Waals surface area contributed by atoms with Crippen LogP contribution in [0.15, 0.2) is 57.3 Å². The lowest BCUT2D eigenvalue weighted by molar-refractivity contribution is -0.113. The predicted molar refractivity (Wildman–Crippen MR) is 115 cm³/mol. The van der Waals surface area contributed by atoms with E-state index in [1.807, 2.05) is 24.3 Å². The van der Waals surface area contributed by atoms with E-state index in [1.54, 1.807) is 18.4 Å². The predicted octanol–water partition coefficient (Wildman–Crippen LogP) is 3.28. The fourth-order valence-corrected chi connectivity index (χ4v) is 3.08. The van der Waals surface area contributed by atoms with Gasteiger partial charge in [-0.25, -0.2) is 10.1 Å². The van der Waals surface area contributed by atoms with Gasteiger partial charge in [0, 0.05) is 5.69 Å². The Labute approximate surface area is 172 Å². The van der Waals surface area contributed by atoms with Gasteiger partial charge < -0.3 is 15.6 Å². The Bertz CT molecular complexity index is 952. The Hall–Kier alpha value is -3.27. The number of furan rings is 1. The molecule has 0 spiro atoms. The Balaban J connectivity index is 1.49. The van der Waals surface area contributed by atoms with Crippen molar-refractivity contribution in [2.45, 2.75) is 31.3 Å². The maximum atomic E-state index is 12.2. The normalized spacial score (nSPS) is 12.2. The minimum absolute atomic E-state index is 0.151. The highest BCUT2D eigenvalue weighted by Gasteiger charge is 2.12. The topological polar surface area (TPSA) is 123 Å². The number of aromatic nitrogens is 3. The summed E-state index contributed by atoms with van der Waals surface area (Å²) in [6.45, 7) is 4.33. The molecule has 0 aliphatic rings. The number of thioether (sulfide) groups is 1. The second-order valence-electron chi connectivity index (χ2n) is 6.33. The molecule has 0 saturated heterocycles. The minimum atomic E-state index is -0.153. The maximum absolute atomic E-state index is 12.2. The van der Waals surface area contributed by atoms with Crippen molar-refractivity contribution in [2.75, 3.05) is 22.3 Å². The number of hydrazone groups is 1. The van der Waals surface area contributed by atoms with Gasteiger partial charge >= 0.3 is 0 Å². The summed E-state index contributed by atoms with van der Waals surface area (Å²) in [5.74, 6) is 7.27. The molecule has 0 radical (unpaired) electrons. The number of nitrogens with one attached hydrogen (secondary N) is 2. The third kappa shape index (κ3) is 5.61. The van der Waals surface area contributed by atoms with Crippen molar-refractivity contribution < 1.29 is 9.21 Å². The molecule has 0 fully saturated rings. The first-order chi connectivity index (χ1) is 14.1. The molecule has 10 heteroatoms. The van der Waals surface area contributed by atoms with Gasteiger partial charge in [-0.15, -0.1) is 10.2 Å². The highest BCUT2D eigenvalue weighted by atomic mass is 32.2. The van der Waals surface area contributed by atoms with Crippen molar-refractivity contribution in [3.8, 4) is 0 Å². The van der Waals surface area contributed by atoms with Crippen molar-refractivity contribution in [2.24, 2.45) is 5.10 Å². The molecule has 1 unspecified atom stereocenters. The van der Waals surface area contributed by atoms with Gasteiger partial charge in [0.2, 0.25) is 11.1 Å². The van der Waals surface area contributed by atoms with Gasteiger partial charge in [0.1, 0.15) is 5.76 Å². The van der Waals surface area contributed by atoms with Crippen molar-refractivity contribution in [3.05, 3.63) is 54.0 Å². The largest absolute Gasteiger partial charge is 0.463 e. The highest BCUT2D eigenvalue weighted by molar-refractivity contribution is 7.99. The molecule has 2 heterocycles. The Morgan fingerprint density at radius 1 is 1.34 bits per heavy atom. The molecule has 9 nitrogen and oxygen atoms in total. The zero-order chi connectivity index (χ0) is 20.6. The number of amides is 1. The van der Waals surface area contributed by atoms with Crippen LogP contribution < -0.4 is 16.6 Å². The summed E-state index contributed by atoms with van der Waals surface area (Å²) in [6.07, 6.45) is 4.11. The number of rotatable bonds is 9. The number of hydrogen-bond donors (Lipinski definition) is 3. The molecule has 3 rings (SSSR count). The van der Waals surface area contributed by atoms with E-state index in [4.69, 9.17) is 10.3 Å². The van der Waals surface area contributed by atoms with Crippen LogP contribution in [0.2, 0.25) is 0 Å². The Morgan fingerprint density at radius 3 is 2.83 bits per heavy atom. The number of benzene rings is 1. The molecule has 1 atom stereocenters. The lowest BCUT2D eigenvalue weighted by Gasteiger charge is -2.10. The van der Waals surface area contributed by atoms with Crippen LogP contribution >= 0.6 is 11.8 Å². The van der Waals surface area contributed by atoms with E-state index in [9.17, 15) is 4.79 Å². The number of nitrogens with two attached hydrogens (primary N) is 1. The molecule has 152 valence electrons. The zero-order valence-electron chi connectivity index (χ0n) is 16.2. The van der Waals surface area contributed by atoms with Crippen LogP contribution in [0.3, 0.4) is 0 Å². The summed E-state index contributed by atoms with van der Waals surface area (Å²) in [7, 11) is 0. The molecule has 4 N–H and O–H groups in total. The number of carbonyl (C=O) groups excluding carboxylic acids is 1. The summed E-state index contributed by atoms with van der Waals surface area (Å²) >= 11 is 1.18. The smallest absolute Gasteiger partial charge is 0.264 e. The molecule has 1 amide bonds. The minimum Gasteiger partial charge on any atom is -0.463 e. The third-order valence-corrected chi connectivity index (χ3v) is 5.22. The van der Waals surface area contributed by atoms with Crippen LogP contribution in [0.1, 0.15) is 37.5 Å². The fourth-order valence-electron chi connectivity index (χ4n) is 2.43. The summed E-state index contributed by atoms with van der Waals surface area (Å²) in [5, 5.41) is 15.1. The molecular weight excluding hydrogens is 390 g/mol. The van der Waals surface area contributed by atoms with Crippen LogP contribution in [0.5, 0.6) is 0 Å². The second-order valence-corrected chi connectivity index (χ2v) is 7.27. The molecule has 0 saturated carbocycles. The standard InChI is InChI=1S/C19H23N7O2S/c1-3-13(2)14-6-8-15(9-7-14)22-17(27)12-29-19-25-24-18(26(19)20)23-21-11-16-5-4-10-28-16/h4-11,13H,3,12,20H2,1-2H3,(H,22,27)(H,23,24)/b21-11+. The fraction of sp³-hybridized carbons (Fsp3) is 0.263. The summed E-state index contributed by atoms with van der Waals surface area (Å²) in [6, 6.07) is 11.4. The molecule has 29 heavy (non-hydrogen) atoms. The quantitative estimate of drug-likeness (QED) is 0.213. The summed E-state index contributed by atoms with van der Waals surface area (Å²) < 4.78 is 6.37. The van der Waals surface area contributed by atoms with Crippen LogP contribution in [-0.4, -0.2) is 32.7 Å². The third-order valence-electron chi connectivity index (χ3n) is 4.27. The van der Waals surface area contributed by atoms with Crippen molar-refractivity contribution in [3.63, 3.8) is 0 Å². The zero-order valence-corrected chi connectivity index (χ0v) is 17.0. The van der Waals surface area contributed by atoms with Crippen LogP contribution in [0.4, 0.5) is 11.6 Å². The summed E-state index contributed by atoms with van der Waals surface area (Å²) in [5.41, 5.74) is 4.69. The van der Waals surface area contributed by atoms with Crippen molar-refractivity contribution >= 4 is 35.5 Å². The molecule has 2 aromatic heterocycles. The number of carbonyl (C=O) groups is 1. The van der Waals surface area contributed by atoms with E-state index < -0.39 is 0 Å². The van der Waals surface area contributed by atoms with E-state index in [0.29, 0.717) is 16.8 Å². The first-order valence-electron chi connectivity index (χ1n) is 9.12. The average Bonchev–Trinajstić information content (AvgIpc) is 3.37. The van der Waals surface area contributed by atoms with Crippen LogP contribution in [0.25, 0.3) is 0 Å².